The van der Waals surface area contributed by atoms with Crippen molar-refractivity contribution in [2.45, 2.75) is 44.2 Å². The van der Waals surface area contributed by atoms with E-state index in [1.807, 2.05) is 30.0 Å². The quantitative estimate of drug-likeness (QED) is 0.459. The molecule has 182 valence electrons. The number of nitrogen functional groups attached to an aromatic ring is 1. The van der Waals surface area contributed by atoms with Crippen LogP contribution in [0.2, 0.25) is 0 Å². The number of rotatable bonds is 6. The fraction of sp³-hybridized carbons (Fsp3) is 0.435. The van der Waals surface area contributed by atoms with Gasteiger partial charge in [-0.1, -0.05) is 11.1 Å². The molecular formula is C23H25F2N9O. The van der Waals surface area contributed by atoms with E-state index in [1.54, 1.807) is 10.9 Å². The van der Waals surface area contributed by atoms with Crippen LogP contribution < -0.4 is 21.3 Å². The Morgan fingerprint density at radius 3 is 2.91 bits per heavy atom. The summed E-state index contributed by atoms with van der Waals surface area (Å²) in [5.41, 5.74) is 9.03. The van der Waals surface area contributed by atoms with Crippen molar-refractivity contribution in [1.29, 1.82) is 0 Å². The molecule has 1 aromatic carbocycles. The van der Waals surface area contributed by atoms with Gasteiger partial charge >= 0.3 is 0 Å². The Hall–Kier alpha value is -4.01. The molecule has 4 N–H and O–H groups in total. The summed E-state index contributed by atoms with van der Waals surface area (Å²) in [4.78, 5) is 23.1. The van der Waals surface area contributed by atoms with E-state index in [1.165, 1.54) is 0 Å². The van der Waals surface area contributed by atoms with E-state index in [-0.39, 0.29) is 24.2 Å². The molecule has 1 aliphatic heterocycles. The lowest BCUT2D eigenvalue weighted by Gasteiger charge is -2.33. The van der Waals surface area contributed by atoms with Gasteiger partial charge in [-0.25, -0.2) is 18.4 Å². The van der Waals surface area contributed by atoms with Gasteiger partial charge in [0.15, 0.2) is 5.82 Å². The van der Waals surface area contributed by atoms with Gasteiger partial charge in [0, 0.05) is 25.2 Å². The summed E-state index contributed by atoms with van der Waals surface area (Å²) in [6, 6.07) is 4.20. The zero-order valence-corrected chi connectivity index (χ0v) is 19.1. The number of nitrogens with one attached hydrogen (secondary N) is 2. The fourth-order valence-electron chi connectivity index (χ4n) is 4.26. The van der Waals surface area contributed by atoms with Gasteiger partial charge in [-0.15, -0.1) is 11.5 Å². The summed E-state index contributed by atoms with van der Waals surface area (Å²) in [6.07, 6.45) is 8.20. The largest absolute Gasteiger partial charge is 0.382 e. The lowest BCUT2D eigenvalue weighted by atomic mass is 9.96. The number of benzene rings is 1. The Kier molecular flexibility index (Phi) is 5.62. The maximum Gasteiger partial charge on any atom is 0.270 e. The summed E-state index contributed by atoms with van der Waals surface area (Å²) in [5, 5.41) is 13.8. The van der Waals surface area contributed by atoms with Crippen molar-refractivity contribution < 1.29 is 13.6 Å². The number of nitrogens with two attached hydrogens (primary N) is 1. The SMILES string of the molecule is C#C[C@@H](C)n1nnc2ccc(Nc3ncc(N4CCC[C@H](C(=O)NC5CC5(F)F)C4)c(N)n3)cc21. The number of carbonyl (C=O) groups excluding carboxylic acids is 1. The average molecular weight is 482 g/mol. The highest BCUT2D eigenvalue weighted by atomic mass is 19.3. The van der Waals surface area contributed by atoms with E-state index in [2.05, 4.69) is 36.8 Å². The minimum absolute atomic E-state index is 0.252. The first-order valence-corrected chi connectivity index (χ1v) is 11.4. The normalized spacial score (nSPS) is 21.8. The van der Waals surface area contributed by atoms with Crippen LogP contribution in [0.5, 0.6) is 0 Å². The molecule has 2 aromatic heterocycles. The van der Waals surface area contributed by atoms with Gasteiger partial charge in [-0.2, -0.15) is 4.98 Å². The van der Waals surface area contributed by atoms with Crippen LogP contribution >= 0.6 is 0 Å². The van der Waals surface area contributed by atoms with E-state index >= 15 is 0 Å². The van der Waals surface area contributed by atoms with Gasteiger partial charge in [0.2, 0.25) is 11.9 Å². The molecule has 2 aliphatic rings. The lowest BCUT2D eigenvalue weighted by Crippen LogP contribution is -2.44. The average Bonchev–Trinajstić information content (AvgIpc) is 3.24. The van der Waals surface area contributed by atoms with E-state index in [0.717, 1.165) is 11.9 Å². The molecule has 3 heterocycles. The standard InChI is InChI=1S/C23H25F2N9O/c1-3-13(2)34-17-9-15(6-7-16(17)31-32-34)28-22-27-11-18(20(26)30-22)33-8-4-5-14(12-33)21(35)29-19-10-23(19,24)25/h1,6-7,9,11,13-14,19H,4-5,8,10,12H2,2H3,(H,29,35)(H3,26,27,28,30)/t13-,14+,19?/m1/s1. The van der Waals surface area contributed by atoms with Crippen molar-refractivity contribution in [3.05, 3.63) is 24.4 Å². The highest BCUT2D eigenvalue weighted by molar-refractivity contribution is 5.81. The van der Waals surface area contributed by atoms with E-state index < -0.39 is 17.9 Å². The van der Waals surface area contributed by atoms with Crippen LogP contribution in [0.3, 0.4) is 0 Å². The maximum absolute atomic E-state index is 13.2. The summed E-state index contributed by atoms with van der Waals surface area (Å²) >= 11 is 0. The smallest absolute Gasteiger partial charge is 0.270 e. The number of anilines is 4. The van der Waals surface area contributed by atoms with Crippen molar-refractivity contribution >= 4 is 40.1 Å². The molecular weight excluding hydrogens is 456 g/mol. The van der Waals surface area contributed by atoms with Crippen LogP contribution in [-0.4, -0.2) is 55.9 Å². The maximum atomic E-state index is 13.2. The predicted molar refractivity (Wildman–Crippen MR) is 127 cm³/mol. The van der Waals surface area contributed by atoms with Crippen LogP contribution in [0.15, 0.2) is 24.4 Å². The second kappa shape index (κ2) is 8.65. The summed E-state index contributed by atoms with van der Waals surface area (Å²) in [6.45, 7) is 2.89. The Bertz CT molecular complexity index is 1320. The Morgan fingerprint density at radius 2 is 2.20 bits per heavy atom. The third kappa shape index (κ3) is 4.53. The first-order valence-electron chi connectivity index (χ1n) is 11.4. The van der Waals surface area contributed by atoms with Crippen LogP contribution in [-0.2, 0) is 4.79 Å². The van der Waals surface area contributed by atoms with Crippen molar-refractivity contribution in [3.63, 3.8) is 0 Å². The number of hydrogen-bond donors (Lipinski definition) is 3. The molecule has 0 radical (unpaired) electrons. The molecule has 0 spiro atoms. The summed E-state index contributed by atoms with van der Waals surface area (Å²) in [5.74, 6) is -0.338. The van der Waals surface area contributed by atoms with Crippen molar-refractivity contribution in [1.82, 2.24) is 30.3 Å². The first-order chi connectivity index (χ1) is 16.7. The van der Waals surface area contributed by atoms with Crippen molar-refractivity contribution in [3.8, 4) is 12.3 Å². The zero-order chi connectivity index (χ0) is 24.7. The fourth-order valence-corrected chi connectivity index (χ4v) is 4.26. The second-order valence-electron chi connectivity index (χ2n) is 8.98. The number of terminal acetylenes is 1. The van der Waals surface area contributed by atoms with Gasteiger partial charge in [0.25, 0.3) is 5.92 Å². The van der Waals surface area contributed by atoms with Gasteiger partial charge in [0.05, 0.1) is 29.4 Å². The number of carbonyl (C=O) groups is 1. The molecule has 3 aromatic rings. The molecule has 0 bridgehead atoms. The monoisotopic (exact) mass is 481 g/mol. The minimum atomic E-state index is -2.79. The minimum Gasteiger partial charge on any atom is -0.382 e. The zero-order valence-electron chi connectivity index (χ0n) is 19.1. The number of alkyl halides is 2. The molecule has 1 aliphatic carbocycles. The number of halogens is 2. The third-order valence-electron chi connectivity index (χ3n) is 6.41. The molecule has 5 rings (SSSR count). The van der Waals surface area contributed by atoms with Gasteiger partial charge in [-0.3, -0.25) is 4.79 Å². The Balaban J connectivity index is 1.28. The summed E-state index contributed by atoms with van der Waals surface area (Å²) < 4.78 is 28.0. The van der Waals surface area contributed by atoms with Crippen LogP contribution in [0.25, 0.3) is 11.0 Å². The molecule has 1 amide bonds. The number of piperidine rings is 1. The highest BCUT2D eigenvalue weighted by Gasteiger charge is 2.58. The Labute approximate surface area is 200 Å². The topological polar surface area (TPSA) is 127 Å². The number of nitrogens with zero attached hydrogens (tertiary/aromatic N) is 6. The van der Waals surface area contributed by atoms with E-state index in [9.17, 15) is 13.6 Å². The van der Waals surface area contributed by atoms with Crippen molar-refractivity contribution in [2.24, 2.45) is 5.92 Å². The molecule has 12 heteroatoms. The van der Waals surface area contributed by atoms with Crippen LogP contribution in [0.4, 0.5) is 31.9 Å². The van der Waals surface area contributed by atoms with Crippen LogP contribution in [0.1, 0.15) is 32.2 Å². The molecule has 1 unspecified atom stereocenters. The highest BCUT2D eigenvalue weighted by Crippen LogP contribution is 2.42. The van der Waals surface area contributed by atoms with E-state index in [4.69, 9.17) is 12.2 Å². The van der Waals surface area contributed by atoms with Gasteiger partial charge in [-0.05, 0) is 38.0 Å². The number of amides is 1. The van der Waals surface area contributed by atoms with Gasteiger partial charge in [0.1, 0.15) is 11.6 Å². The molecule has 1 saturated carbocycles. The molecule has 3 atom stereocenters. The predicted octanol–water partition coefficient (Wildman–Crippen LogP) is 2.48. The van der Waals surface area contributed by atoms with E-state index in [0.29, 0.717) is 42.4 Å². The second-order valence-corrected chi connectivity index (χ2v) is 8.98. The molecule has 35 heavy (non-hydrogen) atoms. The molecule has 10 nitrogen and oxygen atoms in total. The lowest BCUT2D eigenvalue weighted by molar-refractivity contribution is -0.126. The van der Waals surface area contributed by atoms with Gasteiger partial charge < -0.3 is 21.3 Å². The number of fused-ring (bicyclic) bond motifs is 1. The molecule has 1 saturated heterocycles. The third-order valence-corrected chi connectivity index (χ3v) is 6.41. The number of hydrogen-bond acceptors (Lipinski definition) is 8. The Morgan fingerprint density at radius 1 is 1.40 bits per heavy atom. The summed E-state index contributed by atoms with van der Waals surface area (Å²) in [7, 11) is 0. The number of aromatic nitrogens is 5. The van der Waals surface area contributed by atoms with Crippen LogP contribution in [0, 0.1) is 18.3 Å². The molecule has 2 fully saturated rings. The first kappa shape index (κ1) is 22.8. The van der Waals surface area contributed by atoms with Crippen molar-refractivity contribution in [2.75, 3.05) is 29.0 Å².